The lowest BCUT2D eigenvalue weighted by Gasteiger charge is -2.30. The van der Waals surface area contributed by atoms with Crippen LogP contribution < -0.4 is 10.6 Å². The highest BCUT2D eigenvalue weighted by atomic mass is 32.2. The summed E-state index contributed by atoms with van der Waals surface area (Å²) in [5.74, 6) is -2.89. The number of hydrogen-bond donors (Lipinski definition) is 2. The summed E-state index contributed by atoms with van der Waals surface area (Å²) in [7, 11) is -3.25. The van der Waals surface area contributed by atoms with Gasteiger partial charge in [0.1, 0.15) is 11.2 Å². The van der Waals surface area contributed by atoms with E-state index in [0.717, 1.165) is 12.3 Å². The Hall–Kier alpha value is -2.28. The predicted molar refractivity (Wildman–Crippen MR) is 112 cm³/mol. The van der Waals surface area contributed by atoms with Gasteiger partial charge >= 0.3 is 0 Å². The number of piperidine rings is 1. The van der Waals surface area contributed by atoms with Crippen molar-refractivity contribution in [3.05, 3.63) is 18.0 Å². The fourth-order valence-electron chi connectivity index (χ4n) is 4.13. The standard InChI is InChI=1S/C19H24F4N6O2S/c1-32(30,31)29-7-4-12(5-8-29)25-18-24-10-11-9-13(16(20)21)26-17(15(11)28-18)27-14-3-2-6-19(14,22)23/h9-10,12,14,16H,2-8H2,1H3,(H,26,27)(H,24,25,28)/t14-/m1/s1. The first-order valence-corrected chi connectivity index (χ1v) is 12.2. The fourth-order valence-corrected chi connectivity index (χ4v) is 5.00. The van der Waals surface area contributed by atoms with E-state index in [2.05, 4.69) is 25.6 Å². The van der Waals surface area contributed by atoms with Crippen molar-refractivity contribution in [1.29, 1.82) is 0 Å². The Morgan fingerprint density at radius 3 is 2.47 bits per heavy atom. The summed E-state index contributed by atoms with van der Waals surface area (Å²) in [5, 5.41) is 6.02. The molecule has 4 rings (SSSR count). The smallest absolute Gasteiger partial charge is 0.280 e. The van der Waals surface area contributed by atoms with E-state index < -0.39 is 34.1 Å². The highest BCUT2D eigenvalue weighted by Gasteiger charge is 2.44. The maximum absolute atomic E-state index is 14.1. The third kappa shape index (κ3) is 4.87. The first-order valence-electron chi connectivity index (χ1n) is 10.3. The molecule has 2 N–H and O–H groups in total. The molecule has 32 heavy (non-hydrogen) atoms. The highest BCUT2D eigenvalue weighted by molar-refractivity contribution is 7.88. The minimum Gasteiger partial charge on any atom is -0.359 e. The summed E-state index contributed by atoms with van der Waals surface area (Å²) in [5.41, 5.74) is -0.373. The Bertz CT molecular complexity index is 1090. The minimum atomic E-state index is -3.25. The number of alkyl halides is 4. The van der Waals surface area contributed by atoms with E-state index in [4.69, 9.17) is 0 Å². The van der Waals surface area contributed by atoms with Crippen molar-refractivity contribution in [2.45, 2.75) is 56.5 Å². The number of pyridine rings is 1. The number of aromatic nitrogens is 3. The molecular formula is C19H24F4N6O2S. The lowest BCUT2D eigenvalue weighted by Crippen LogP contribution is -2.42. The number of rotatable bonds is 6. The van der Waals surface area contributed by atoms with Crippen LogP contribution in [-0.4, -0.2) is 65.0 Å². The first kappa shape index (κ1) is 22.9. The number of sulfonamides is 1. The van der Waals surface area contributed by atoms with Crippen molar-refractivity contribution in [2.24, 2.45) is 0 Å². The molecule has 2 fully saturated rings. The molecule has 1 aliphatic heterocycles. The zero-order chi connectivity index (χ0) is 23.1. The molecule has 0 aromatic carbocycles. The van der Waals surface area contributed by atoms with Gasteiger partial charge in [-0.1, -0.05) is 0 Å². The number of hydrogen-bond acceptors (Lipinski definition) is 7. The zero-order valence-corrected chi connectivity index (χ0v) is 18.2. The van der Waals surface area contributed by atoms with Gasteiger partial charge in [0.2, 0.25) is 16.0 Å². The molecule has 1 aliphatic carbocycles. The zero-order valence-electron chi connectivity index (χ0n) is 17.4. The average molecular weight is 477 g/mol. The Morgan fingerprint density at radius 2 is 1.88 bits per heavy atom. The molecule has 0 radical (unpaired) electrons. The van der Waals surface area contributed by atoms with Gasteiger partial charge in [0.15, 0.2) is 5.82 Å². The highest BCUT2D eigenvalue weighted by Crippen LogP contribution is 2.38. The lowest BCUT2D eigenvalue weighted by molar-refractivity contribution is -0.000663. The third-order valence-corrected chi connectivity index (χ3v) is 7.19. The van der Waals surface area contributed by atoms with Crippen LogP contribution >= 0.6 is 0 Å². The fraction of sp³-hybridized carbons (Fsp3) is 0.632. The van der Waals surface area contributed by atoms with Gasteiger partial charge in [0.05, 0.1) is 12.3 Å². The van der Waals surface area contributed by atoms with Crippen LogP contribution in [0.1, 0.15) is 44.2 Å². The van der Waals surface area contributed by atoms with Crippen molar-refractivity contribution in [3.63, 3.8) is 0 Å². The van der Waals surface area contributed by atoms with Crippen LogP contribution in [-0.2, 0) is 10.0 Å². The van der Waals surface area contributed by atoms with Crippen molar-refractivity contribution in [3.8, 4) is 0 Å². The van der Waals surface area contributed by atoms with Gasteiger partial charge < -0.3 is 10.6 Å². The predicted octanol–water partition coefficient (Wildman–Crippen LogP) is 3.40. The average Bonchev–Trinajstić information content (AvgIpc) is 3.05. The molecule has 8 nitrogen and oxygen atoms in total. The summed E-state index contributed by atoms with van der Waals surface area (Å²) < 4.78 is 79.6. The van der Waals surface area contributed by atoms with E-state index in [-0.39, 0.29) is 41.6 Å². The van der Waals surface area contributed by atoms with Crippen LogP contribution in [0.15, 0.2) is 12.3 Å². The van der Waals surface area contributed by atoms with Crippen LogP contribution in [0.2, 0.25) is 0 Å². The Morgan fingerprint density at radius 1 is 1.16 bits per heavy atom. The molecule has 0 amide bonds. The molecule has 2 aromatic heterocycles. The molecule has 3 heterocycles. The molecule has 1 atom stereocenters. The molecule has 176 valence electrons. The van der Waals surface area contributed by atoms with Gasteiger partial charge in [-0.2, -0.15) is 0 Å². The van der Waals surface area contributed by atoms with Gasteiger partial charge in [-0.05, 0) is 31.7 Å². The summed E-state index contributed by atoms with van der Waals surface area (Å²) in [4.78, 5) is 12.4. The Labute approximate surface area is 182 Å². The molecule has 2 aromatic rings. The molecule has 1 saturated carbocycles. The van der Waals surface area contributed by atoms with E-state index in [1.165, 1.54) is 10.5 Å². The summed E-state index contributed by atoms with van der Waals surface area (Å²) >= 11 is 0. The quantitative estimate of drug-likeness (QED) is 0.617. The first-order chi connectivity index (χ1) is 15.0. The van der Waals surface area contributed by atoms with Gasteiger partial charge in [-0.25, -0.2) is 45.2 Å². The molecular weight excluding hydrogens is 452 g/mol. The van der Waals surface area contributed by atoms with E-state index >= 15 is 0 Å². The van der Waals surface area contributed by atoms with Crippen molar-refractivity contribution >= 4 is 32.7 Å². The van der Waals surface area contributed by atoms with Gasteiger partial charge in [0, 0.05) is 37.1 Å². The van der Waals surface area contributed by atoms with E-state index in [1.54, 1.807) is 0 Å². The second-order valence-electron chi connectivity index (χ2n) is 8.26. The largest absolute Gasteiger partial charge is 0.359 e. The Kier molecular flexibility index (Phi) is 6.14. The van der Waals surface area contributed by atoms with Gasteiger partial charge in [-0.3, -0.25) is 0 Å². The number of halogens is 4. The monoisotopic (exact) mass is 476 g/mol. The van der Waals surface area contributed by atoms with Crippen LogP contribution in [0.4, 0.5) is 29.3 Å². The van der Waals surface area contributed by atoms with E-state index in [9.17, 15) is 26.0 Å². The Balaban J connectivity index is 1.59. The van der Waals surface area contributed by atoms with Crippen molar-refractivity contribution in [2.75, 3.05) is 30.0 Å². The van der Waals surface area contributed by atoms with Crippen LogP contribution in [0.25, 0.3) is 10.9 Å². The number of nitrogens with zero attached hydrogens (tertiary/aromatic N) is 4. The normalized spacial score (nSPS) is 22.5. The van der Waals surface area contributed by atoms with Crippen LogP contribution in [0.5, 0.6) is 0 Å². The molecule has 13 heteroatoms. The minimum absolute atomic E-state index is 0.0886. The van der Waals surface area contributed by atoms with E-state index in [1.807, 2.05) is 0 Å². The number of fused-ring (bicyclic) bond motifs is 1. The van der Waals surface area contributed by atoms with Gasteiger partial charge in [0.25, 0.3) is 12.3 Å². The number of nitrogens with one attached hydrogen (secondary N) is 2. The molecule has 0 unspecified atom stereocenters. The summed E-state index contributed by atoms with van der Waals surface area (Å²) in [6, 6.07) is -0.154. The number of anilines is 2. The SMILES string of the molecule is CS(=O)(=O)N1CCC(Nc2ncc3cc(C(F)F)nc(N[C@@H]4CCCC4(F)F)c3n2)CC1. The second kappa shape index (κ2) is 8.58. The van der Waals surface area contributed by atoms with E-state index in [0.29, 0.717) is 32.4 Å². The lowest BCUT2D eigenvalue weighted by atomic mass is 10.1. The molecule has 0 bridgehead atoms. The molecule has 1 saturated heterocycles. The molecule has 0 spiro atoms. The maximum Gasteiger partial charge on any atom is 0.280 e. The summed E-state index contributed by atoms with van der Waals surface area (Å²) in [6.07, 6.45) is 0.965. The third-order valence-electron chi connectivity index (χ3n) is 5.89. The summed E-state index contributed by atoms with van der Waals surface area (Å²) in [6.45, 7) is 0.708. The molecule has 2 aliphatic rings. The van der Waals surface area contributed by atoms with Gasteiger partial charge in [-0.15, -0.1) is 0 Å². The topological polar surface area (TPSA) is 100 Å². The van der Waals surface area contributed by atoms with Crippen molar-refractivity contribution < 1.29 is 26.0 Å². The maximum atomic E-state index is 14.1. The second-order valence-corrected chi connectivity index (χ2v) is 10.2. The van der Waals surface area contributed by atoms with Crippen molar-refractivity contribution in [1.82, 2.24) is 19.3 Å². The van der Waals surface area contributed by atoms with Crippen LogP contribution in [0.3, 0.4) is 0 Å². The van der Waals surface area contributed by atoms with Crippen LogP contribution in [0, 0.1) is 0 Å².